The number of nitrogens with one attached hydrogen (secondary N) is 3. The Labute approximate surface area is 333 Å². The number of hydrogen-bond acceptors (Lipinski definition) is 9. The minimum absolute atomic E-state index is 0.0629. The molecule has 1 aliphatic carbocycles. The molecule has 14 nitrogen and oxygen atoms in total. The molecule has 302 valence electrons. The van der Waals surface area contributed by atoms with Gasteiger partial charge in [-0.25, -0.2) is 4.98 Å². The van der Waals surface area contributed by atoms with E-state index in [4.69, 9.17) is 10.5 Å². The second-order valence-corrected chi connectivity index (χ2v) is 16.4. The summed E-state index contributed by atoms with van der Waals surface area (Å²) in [4.78, 5) is 74.5. The third-order valence-corrected chi connectivity index (χ3v) is 10.8. The van der Waals surface area contributed by atoms with E-state index in [1.807, 2.05) is 69.3 Å². The van der Waals surface area contributed by atoms with Crippen molar-refractivity contribution in [1.29, 1.82) is 0 Å². The molecule has 0 bridgehead atoms. The van der Waals surface area contributed by atoms with E-state index in [1.54, 1.807) is 36.7 Å². The molecule has 2 aromatic carbocycles. The van der Waals surface area contributed by atoms with Gasteiger partial charge in [-0.15, -0.1) is 0 Å². The fraction of sp³-hybridized carbons (Fsp3) is 0.465. The number of nitrogens with zero attached hydrogens (tertiary/aromatic N) is 4. The number of esters is 1. The van der Waals surface area contributed by atoms with E-state index in [-0.39, 0.29) is 31.1 Å². The number of ether oxygens (including phenoxy) is 1. The quantitative estimate of drug-likeness (QED) is 0.131. The van der Waals surface area contributed by atoms with Crippen LogP contribution in [0.2, 0.25) is 0 Å². The molecule has 1 saturated heterocycles. The molecule has 0 radical (unpaired) electrons. The number of pyridine rings is 1. The number of rotatable bonds is 15. The number of para-hydroxylation sites is 1. The summed E-state index contributed by atoms with van der Waals surface area (Å²) in [6.45, 7) is 6.44. The predicted octanol–water partition coefficient (Wildman–Crippen LogP) is 3.54. The molecule has 2 fully saturated rings. The summed E-state index contributed by atoms with van der Waals surface area (Å²) in [6.07, 6.45) is 7.03. The van der Waals surface area contributed by atoms with Gasteiger partial charge in [-0.2, -0.15) is 5.10 Å². The van der Waals surface area contributed by atoms with Crippen molar-refractivity contribution >= 4 is 40.5 Å². The number of primary amides is 1. The molecule has 1 saturated carbocycles. The smallest absolute Gasteiger partial charge is 0.328 e. The van der Waals surface area contributed by atoms with Crippen molar-refractivity contribution in [3.05, 3.63) is 96.4 Å². The van der Waals surface area contributed by atoms with Gasteiger partial charge in [0.25, 0.3) is 5.91 Å². The molecule has 0 unspecified atom stereocenters. The van der Waals surface area contributed by atoms with Crippen LogP contribution < -0.4 is 21.7 Å². The molecule has 3 heterocycles. The highest BCUT2D eigenvalue weighted by Gasteiger charge is 2.43. The Morgan fingerprint density at radius 3 is 2.37 bits per heavy atom. The van der Waals surface area contributed by atoms with E-state index in [0.717, 1.165) is 36.6 Å². The van der Waals surface area contributed by atoms with E-state index in [1.165, 1.54) is 4.68 Å². The molecule has 57 heavy (non-hydrogen) atoms. The average molecular weight is 779 g/mol. The SMILES string of the molecule is CC(C)(C)NC(=O)[C@@H]1C[C@@H]2CCCC[C@@H]2CN1C[C@@H](OC(=O)Cn1cccn1)[C@H](Cc1ccccc1)NC(=O)[C@H](CC(N)=O)NC(=O)c1ccc2ccccc2n1. The van der Waals surface area contributed by atoms with Crippen LogP contribution in [0.15, 0.2) is 85.2 Å². The fourth-order valence-electron chi connectivity index (χ4n) is 8.10. The summed E-state index contributed by atoms with van der Waals surface area (Å²) in [5, 5.41) is 13.9. The maximum Gasteiger partial charge on any atom is 0.328 e. The van der Waals surface area contributed by atoms with E-state index < -0.39 is 59.9 Å². The fourth-order valence-corrected chi connectivity index (χ4v) is 8.10. The standard InChI is InChI=1S/C43H54N8O6/c1-43(2,3)49-42(56)36-23-30-15-7-8-16-31(30)25-50(36)26-37(57-39(53)27-51-21-11-20-45-51)34(22-28-12-5-4-6-13-28)47-41(55)35(24-38(44)52)48-40(54)33-19-18-29-14-9-10-17-32(29)46-33/h4-6,9-14,17-21,30-31,34-37H,7-8,15-16,22-27H2,1-3H3,(H2,44,52)(H,47,55)(H,48,54)(H,49,56)/t30-,31+,34-,35-,36-,37+/m0/s1. The molecule has 6 atom stereocenters. The molecule has 5 N–H and O–H groups in total. The first kappa shape index (κ1) is 41.0. The topological polar surface area (TPSA) is 191 Å². The van der Waals surface area contributed by atoms with Crippen molar-refractivity contribution < 1.29 is 28.7 Å². The summed E-state index contributed by atoms with van der Waals surface area (Å²) < 4.78 is 7.76. The van der Waals surface area contributed by atoms with Crippen LogP contribution in [-0.2, 0) is 36.9 Å². The van der Waals surface area contributed by atoms with Gasteiger partial charge in [0.1, 0.15) is 24.4 Å². The van der Waals surface area contributed by atoms with Crippen molar-refractivity contribution in [3.8, 4) is 0 Å². The number of piperidine rings is 1. The van der Waals surface area contributed by atoms with Crippen LogP contribution in [0.3, 0.4) is 0 Å². The number of benzene rings is 2. The predicted molar refractivity (Wildman–Crippen MR) is 214 cm³/mol. The van der Waals surface area contributed by atoms with Crippen LogP contribution in [0.4, 0.5) is 0 Å². The molecule has 14 heteroatoms. The molecule has 4 aromatic rings. The zero-order valence-electron chi connectivity index (χ0n) is 32.9. The van der Waals surface area contributed by atoms with Gasteiger partial charge < -0.3 is 26.4 Å². The van der Waals surface area contributed by atoms with Gasteiger partial charge in [0.2, 0.25) is 17.7 Å². The van der Waals surface area contributed by atoms with Crippen LogP contribution in [-0.4, -0.2) is 92.1 Å². The van der Waals surface area contributed by atoms with E-state index in [9.17, 15) is 24.0 Å². The Morgan fingerprint density at radius 2 is 1.65 bits per heavy atom. The van der Waals surface area contributed by atoms with E-state index >= 15 is 0 Å². The van der Waals surface area contributed by atoms with Gasteiger partial charge in [0.05, 0.1) is 24.0 Å². The maximum atomic E-state index is 14.3. The monoisotopic (exact) mass is 778 g/mol. The number of carbonyl (C=O) groups is 5. The van der Waals surface area contributed by atoms with Crippen molar-refractivity contribution in [2.45, 2.75) is 102 Å². The number of fused-ring (bicyclic) bond motifs is 2. The summed E-state index contributed by atoms with van der Waals surface area (Å²) in [5.41, 5.74) is 6.66. The van der Waals surface area contributed by atoms with Crippen LogP contribution in [0.25, 0.3) is 10.9 Å². The lowest BCUT2D eigenvalue weighted by molar-refractivity contribution is -0.155. The van der Waals surface area contributed by atoms with Gasteiger partial charge >= 0.3 is 5.97 Å². The number of hydrogen-bond donors (Lipinski definition) is 4. The molecule has 0 spiro atoms. The zero-order valence-corrected chi connectivity index (χ0v) is 32.9. The lowest BCUT2D eigenvalue weighted by Gasteiger charge is -2.47. The molecule has 2 aliphatic rings. The maximum absolute atomic E-state index is 14.3. The van der Waals surface area contributed by atoms with Crippen LogP contribution >= 0.6 is 0 Å². The first-order valence-corrected chi connectivity index (χ1v) is 19.8. The van der Waals surface area contributed by atoms with Crippen LogP contribution in [0, 0.1) is 11.8 Å². The molecule has 4 amide bonds. The highest BCUT2D eigenvalue weighted by atomic mass is 16.5. The highest BCUT2D eigenvalue weighted by Crippen LogP contribution is 2.39. The van der Waals surface area contributed by atoms with Gasteiger partial charge in [0, 0.05) is 36.4 Å². The second-order valence-electron chi connectivity index (χ2n) is 16.4. The van der Waals surface area contributed by atoms with Crippen LogP contribution in [0.5, 0.6) is 0 Å². The Balaban J connectivity index is 1.32. The lowest BCUT2D eigenvalue weighted by atomic mass is 9.72. The van der Waals surface area contributed by atoms with E-state index in [0.29, 0.717) is 30.3 Å². The molecular weight excluding hydrogens is 725 g/mol. The minimum Gasteiger partial charge on any atom is -0.457 e. The number of nitrogens with two attached hydrogens (primary N) is 1. The van der Waals surface area contributed by atoms with Crippen molar-refractivity contribution in [2.75, 3.05) is 13.1 Å². The normalized spacial score (nSPS) is 20.0. The Hall–Kier alpha value is -5.63. The molecule has 1 aliphatic heterocycles. The highest BCUT2D eigenvalue weighted by molar-refractivity contribution is 5.99. The minimum atomic E-state index is -1.37. The van der Waals surface area contributed by atoms with Crippen LogP contribution in [0.1, 0.15) is 75.3 Å². The van der Waals surface area contributed by atoms with Gasteiger partial charge in [-0.3, -0.25) is 33.6 Å². The van der Waals surface area contributed by atoms with Gasteiger partial charge in [-0.05, 0) is 75.6 Å². The van der Waals surface area contributed by atoms with Gasteiger partial charge in [-0.1, -0.05) is 73.9 Å². The Morgan fingerprint density at radius 1 is 0.912 bits per heavy atom. The zero-order chi connectivity index (χ0) is 40.5. The summed E-state index contributed by atoms with van der Waals surface area (Å²) in [7, 11) is 0. The first-order chi connectivity index (χ1) is 27.3. The van der Waals surface area contributed by atoms with Crippen molar-refractivity contribution in [2.24, 2.45) is 17.6 Å². The number of amides is 4. The lowest BCUT2D eigenvalue weighted by Crippen LogP contribution is -2.61. The van der Waals surface area contributed by atoms with Gasteiger partial charge in [0.15, 0.2) is 0 Å². The summed E-state index contributed by atoms with van der Waals surface area (Å²) in [6, 6.07) is 19.0. The molecule has 6 rings (SSSR count). The number of carbonyl (C=O) groups excluding carboxylic acids is 5. The molecular formula is C43H54N8O6. The second kappa shape index (κ2) is 18.5. The van der Waals surface area contributed by atoms with Crippen molar-refractivity contribution in [1.82, 2.24) is 35.6 Å². The average Bonchev–Trinajstić information content (AvgIpc) is 3.69. The third kappa shape index (κ3) is 11.5. The Kier molecular flexibility index (Phi) is 13.3. The van der Waals surface area contributed by atoms with Crippen molar-refractivity contribution in [3.63, 3.8) is 0 Å². The molecule has 2 aromatic heterocycles. The Bertz CT molecular complexity index is 2020. The number of aromatic nitrogens is 3. The largest absolute Gasteiger partial charge is 0.457 e. The summed E-state index contributed by atoms with van der Waals surface area (Å²) >= 11 is 0. The first-order valence-electron chi connectivity index (χ1n) is 19.8. The summed E-state index contributed by atoms with van der Waals surface area (Å²) in [5.74, 6) is -2.05. The van der Waals surface area contributed by atoms with E-state index in [2.05, 4.69) is 30.9 Å². The number of likely N-dealkylation sites (tertiary alicyclic amines) is 1. The third-order valence-electron chi connectivity index (χ3n) is 10.8.